The van der Waals surface area contributed by atoms with Crippen LogP contribution in [0.25, 0.3) is 0 Å². The van der Waals surface area contributed by atoms with Crippen molar-refractivity contribution in [3.8, 4) is 0 Å². The van der Waals surface area contributed by atoms with Crippen LogP contribution in [0.2, 0.25) is 0 Å². The van der Waals surface area contributed by atoms with Gasteiger partial charge in [-0.3, -0.25) is 9.80 Å². The lowest BCUT2D eigenvalue weighted by atomic mass is 10.1. The van der Waals surface area contributed by atoms with E-state index in [9.17, 15) is 13.2 Å². The van der Waals surface area contributed by atoms with Gasteiger partial charge in [-0.1, -0.05) is 13.3 Å². The molecule has 1 fully saturated rings. The fraction of sp³-hybridized carbons (Fsp3) is 1.00. The molecule has 2 N–H and O–H groups in total. The lowest BCUT2D eigenvalue weighted by Crippen LogP contribution is -2.52. The third-order valence-corrected chi connectivity index (χ3v) is 3.63. The van der Waals surface area contributed by atoms with E-state index >= 15 is 0 Å². The van der Waals surface area contributed by atoms with Gasteiger partial charge in [0.15, 0.2) is 0 Å². The van der Waals surface area contributed by atoms with E-state index in [1.165, 1.54) is 0 Å². The summed E-state index contributed by atoms with van der Waals surface area (Å²) in [4.78, 5) is 4.53. The molecule has 1 unspecified atom stereocenters. The van der Waals surface area contributed by atoms with E-state index in [2.05, 4.69) is 21.5 Å². The first-order valence-electron chi connectivity index (χ1n) is 7.27. The molecule has 1 atom stereocenters. The van der Waals surface area contributed by atoms with Gasteiger partial charge in [0.25, 0.3) is 0 Å². The number of hydrogen-bond donors (Lipinski definition) is 1. The number of ether oxygens (including phenoxy) is 1. The Morgan fingerprint density at radius 3 is 2.35 bits per heavy atom. The van der Waals surface area contributed by atoms with E-state index in [4.69, 9.17) is 5.73 Å². The van der Waals surface area contributed by atoms with Crippen LogP contribution in [-0.4, -0.2) is 74.5 Å². The number of hydrogen-bond acceptors (Lipinski definition) is 4. The zero-order chi connectivity index (χ0) is 15.0. The van der Waals surface area contributed by atoms with Crippen LogP contribution >= 0.6 is 0 Å². The number of nitrogens with zero attached hydrogens (tertiary/aromatic N) is 2. The molecular formula is C13H26F3N3O. The highest BCUT2D eigenvalue weighted by Gasteiger charge is 2.27. The largest absolute Gasteiger partial charge is 0.411 e. The van der Waals surface area contributed by atoms with Crippen molar-refractivity contribution >= 4 is 0 Å². The van der Waals surface area contributed by atoms with Crippen molar-refractivity contribution in [3.63, 3.8) is 0 Å². The number of nitrogens with two attached hydrogens (primary N) is 1. The maximum Gasteiger partial charge on any atom is 0.411 e. The Labute approximate surface area is 119 Å². The van der Waals surface area contributed by atoms with Gasteiger partial charge in [0.05, 0.1) is 6.61 Å². The second kappa shape index (κ2) is 8.81. The summed E-state index contributed by atoms with van der Waals surface area (Å²) in [6, 6.07) is 0.434. The molecule has 1 rings (SSSR count). The number of piperazine rings is 1. The first kappa shape index (κ1) is 17.7. The van der Waals surface area contributed by atoms with E-state index in [-0.39, 0.29) is 6.61 Å². The quantitative estimate of drug-likeness (QED) is 0.686. The molecule has 1 aliphatic rings. The second-order valence-electron chi connectivity index (χ2n) is 5.22. The topological polar surface area (TPSA) is 41.7 Å². The normalized spacial score (nSPS) is 20.2. The summed E-state index contributed by atoms with van der Waals surface area (Å²) in [5.41, 5.74) is 5.78. The van der Waals surface area contributed by atoms with Crippen LogP contribution in [0.1, 0.15) is 19.8 Å². The Morgan fingerprint density at radius 1 is 1.20 bits per heavy atom. The summed E-state index contributed by atoms with van der Waals surface area (Å²) >= 11 is 0. The molecule has 0 aliphatic carbocycles. The Kier molecular flexibility index (Phi) is 7.79. The van der Waals surface area contributed by atoms with Gasteiger partial charge >= 0.3 is 6.18 Å². The van der Waals surface area contributed by atoms with Crippen molar-refractivity contribution < 1.29 is 17.9 Å². The van der Waals surface area contributed by atoms with Gasteiger partial charge in [-0.2, -0.15) is 13.2 Å². The average molecular weight is 297 g/mol. The molecule has 0 spiro atoms. The summed E-state index contributed by atoms with van der Waals surface area (Å²) in [5, 5.41) is 0. The van der Waals surface area contributed by atoms with Gasteiger partial charge in [-0.25, -0.2) is 0 Å². The summed E-state index contributed by atoms with van der Waals surface area (Å²) in [6.45, 7) is 5.96. The lowest BCUT2D eigenvalue weighted by molar-refractivity contribution is -0.174. The monoisotopic (exact) mass is 297 g/mol. The molecule has 1 aliphatic heterocycles. The number of alkyl halides is 3. The highest BCUT2D eigenvalue weighted by molar-refractivity contribution is 4.79. The van der Waals surface area contributed by atoms with E-state index in [0.717, 1.165) is 39.0 Å². The second-order valence-corrected chi connectivity index (χ2v) is 5.22. The summed E-state index contributed by atoms with van der Waals surface area (Å²) in [7, 11) is 0. The Morgan fingerprint density at radius 2 is 1.85 bits per heavy atom. The summed E-state index contributed by atoms with van der Waals surface area (Å²) < 4.78 is 40.4. The van der Waals surface area contributed by atoms with Crippen LogP contribution in [-0.2, 0) is 4.74 Å². The molecule has 120 valence electrons. The van der Waals surface area contributed by atoms with E-state index < -0.39 is 12.8 Å². The molecule has 0 radical (unpaired) electrons. The molecule has 0 aromatic heterocycles. The van der Waals surface area contributed by atoms with E-state index in [1.807, 2.05) is 0 Å². The van der Waals surface area contributed by atoms with Gasteiger partial charge in [-0.15, -0.1) is 0 Å². The fourth-order valence-electron chi connectivity index (χ4n) is 2.52. The minimum absolute atomic E-state index is 0.134. The number of rotatable bonds is 8. The van der Waals surface area contributed by atoms with Crippen LogP contribution in [0.4, 0.5) is 13.2 Å². The molecular weight excluding hydrogens is 271 g/mol. The minimum Gasteiger partial charge on any atom is -0.371 e. The maximum absolute atomic E-state index is 11.9. The third-order valence-electron chi connectivity index (χ3n) is 3.63. The van der Waals surface area contributed by atoms with Crippen molar-refractivity contribution in [2.45, 2.75) is 32.0 Å². The maximum atomic E-state index is 11.9. The zero-order valence-electron chi connectivity index (χ0n) is 12.2. The van der Waals surface area contributed by atoms with Crippen LogP contribution < -0.4 is 5.73 Å². The van der Waals surface area contributed by atoms with Gasteiger partial charge in [0, 0.05) is 45.3 Å². The molecule has 7 heteroatoms. The summed E-state index contributed by atoms with van der Waals surface area (Å²) in [5.74, 6) is 0. The van der Waals surface area contributed by atoms with Crippen LogP contribution in [0.15, 0.2) is 0 Å². The van der Waals surface area contributed by atoms with Crippen molar-refractivity contribution in [1.29, 1.82) is 0 Å². The predicted octanol–water partition coefficient (Wildman–Crippen LogP) is 1.31. The van der Waals surface area contributed by atoms with Crippen molar-refractivity contribution in [1.82, 2.24) is 9.80 Å². The van der Waals surface area contributed by atoms with Gasteiger partial charge in [0.2, 0.25) is 0 Å². The Balaban J connectivity index is 2.15. The van der Waals surface area contributed by atoms with E-state index in [1.54, 1.807) is 0 Å². The van der Waals surface area contributed by atoms with Crippen LogP contribution in [0.5, 0.6) is 0 Å². The molecule has 0 bridgehead atoms. The van der Waals surface area contributed by atoms with Crippen molar-refractivity contribution in [3.05, 3.63) is 0 Å². The predicted molar refractivity (Wildman–Crippen MR) is 72.6 cm³/mol. The van der Waals surface area contributed by atoms with Crippen LogP contribution in [0, 0.1) is 0 Å². The fourth-order valence-corrected chi connectivity index (χ4v) is 2.52. The standard InChI is InChI=1S/C13H26F3N3O/c1-2-3-12(10-17)19-6-4-18(5-7-19)8-9-20-11-13(14,15)16/h12H,2-11,17H2,1H3. The minimum atomic E-state index is -4.23. The first-order chi connectivity index (χ1) is 9.46. The SMILES string of the molecule is CCCC(CN)N1CCN(CCOCC(F)(F)F)CC1. The summed E-state index contributed by atoms with van der Waals surface area (Å²) in [6.07, 6.45) is -2.01. The molecule has 1 heterocycles. The zero-order valence-corrected chi connectivity index (χ0v) is 12.2. The molecule has 0 aromatic carbocycles. The van der Waals surface area contributed by atoms with Gasteiger partial charge < -0.3 is 10.5 Å². The smallest absolute Gasteiger partial charge is 0.371 e. The highest BCUT2D eigenvalue weighted by atomic mass is 19.4. The third kappa shape index (κ3) is 6.88. The average Bonchev–Trinajstić information content (AvgIpc) is 2.41. The molecule has 1 saturated heterocycles. The van der Waals surface area contributed by atoms with Gasteiger partial charge in [-0.05, 0) is 6.42 Å². The van der Waals surface area contributed by atoms with Gasteiger partial charge in [0.1, 0.15) is 6.61 Å². The molecule has 0 saturated carbocycles. The molecule has 0 aromatic rings. The molecule has 4 nitrogen and oxygen atoms in total. The van der Waals surface area contributed by atoms with Crippen molar-refractivity contribution in [2.24, 2.45) is 5.73 Å². The lowest BCUT2D eigenvalue weighted by Gasteiger charge is -2.39. The van der Waals surface area contributed by atoms with Crippen molar-refractivity contribution in [2.75, 3.05) is 52.5 Å². The number of halogens is 3. The van der Waals surface area contributed by atoms with Crippen LogP contribution in [0.3, 0.4) is 0 Å². The molecule has 20 heavy (non-hydrogen) atoms. The van der Waals surface area contributed by atoms with E-state index in [0.29, 0.717) is 19.1 Å². The Hall–Kier alpha value is -0.370. The molecule has 0 amide bonds. The highest BCUT2D eigenvalue weighted by Crippen LogP contribution is 2.14. The Bertz CT molecular complexity index is 256. The first-order valence-corrected chi connectivity index (χ1v) is 7.27.